The summed E-state index contributed by atoms with van der Waals surface area (Å²) in [7, 11) is 1.29. The molecule has 5 nitrogen and oxygen atoms in total. The number of carbonyl (C=O) groups excluding carboxylic acids is 1. The third-order valence-corrected chi connectivity index (χ3v) is 5.96. The van der Waals surface area contributed by atoms with Gasteiger partial charge in [-0.1, -0.05) is 33.6 Å². The second-order valence-corrected chi connectivity index (χ2v) is 8.86. The Kier molecular flexibility index (Phi) is 6.75. The molecule has 1 aromatic heterocycles. The molecular formula is C27H23BrFNO4. The Balaban J connectivity index is 1.78. The van der Waals surface area contributed by atoms with Crippen molar-refractivity contribution < 1.29 is 23.8 Å². The van der Waals surface area contributed by atoms with E-state index in [1.807, 2.05) is 48.7 Å². The number of phenols is 1. The molecule has 0 saturated carbocycles. The summed E-state index contributed by atoms with van der Waals surface area (Å²) in [5, 5.41) is 10.3. The molecule has 7 heteroatoms. The SMILES string of the molecule is COC(=O)c1cc(O)cc(-n2c(C)ccc2-c2cc(C)ccc2OCc2ccc(Br)cc2F)c1. The number of carbonyl (C=O) groups is 1. The summed E-state index contributed by atoms with van der Waals surface area (Å²) in [6.45, 7) is 3.97. The van der Waals surface area contributed by atoms with E-state index in [0.717, 1.165) is 22.5 Å². The van der Waals surface area contributed by atoms with E-state index in [2.05, 4.69) is 15.9 Å². The van der Waals surface area contributed by atoms with Crippen LogP contribution in [0.1, 0.15) is 27.2 Å². The lowest BCUT2D eigenvalue weighted by Gasteiger charge is -2.17. The van der Waals surface area contributed by atoms with Gasteiger partial charge < -0.3 is 19.1 Å². The third-order valence-electron chi connectivity index (χ3n) is 5.47. The van der Waals surface area contributed by atoms with Crippen molar-refractivity contribution in [3.05, 3.63) is 99.4 Å². The van der Waals surface area contributed by atoms with E-state index in [0.29, 0.717) is 21.5 Å². The summed E-state index contributed by atoms with van der Waals surface area (Å²) in [4.78, 5) is 12.1. The molecule has 0 radical (unpaired) electrons. The Morgan fingerprint density at radius 1 is 1.03 bits per heavy atom. The van der Waals surface area contributed by atoms with Crippen LogP contribution in [0.25, 0.3) is 16.9 Å². The highest BCUT2D eigenvalue weighted by Crippen LogP contribution is 2.36. The standard InChI is InChI=1S/C27H23BrFNO4/c1-16-4-9-26(34-15-18-6-7-20(28)13-24(18)29)23(10-16)25-8-5-17(2)30(25)21-11-19(27(32)33-3)12-22(31)14-21/h4-14,31H,15H2,1-3H3. The number of aromatic hydroxyl groups is 1. The molecule has 3 aromatic carbocycles. The Labute approximate surface area is 205 Å². The maximum absolute atomic E-state index is 14.3. The molecule has 0 unspecified atom stereocenters. The Bertz CT molecular complexity index is 1380. The smallest absolute Gasteiger partial charge is 0.338 e. The first-order chi connectivity index (χ1) is 16.3. The summed E-state index contributed by atoms with van der Waals surface area (Å²) >= 11 is 3.27. The molecule has 0 saturated heterocycles. The minimum Gasteiger partial charge on any atom is -0.508 e. The Hall–Kier alpha value is -3.58. The highest BCUT2D eigenvalue weighted by Gasteiger charge is 2.17. The number of ether oxygens (including phenoxy) is 2. The summed E-state index contributed by atoms with van der Waals surface area (Å²) in [5.41, 5.74) is 4.79. The van der Waals surface area contributed by atoms with Gasteiger partial charge in [-0.05, 0) is 62.4 Å². The maximum atomic E-state index is 14.3. The molecule has 4 aromatic rings. The minimum atomic E-state index is -0.542. The summed E-state index contributed by atoms with van der Waals surface area (Å²) in [5.74, 6) is -0.360. The molecule has 0 fully saturated rings. The van der Waals surface area contributed by atoms with Crippen molar-refractivity contribution in [2.45, 2.75) is 20.5 Å². The fourth-order valence-corrected chi connectivity index (χ4v) is 4.15. The van der Waals surface area contributed by atoms with Crippen molar-refractivity contribution in [2.75, 3.05) is 7.11 Å². The summed E-state index contributed by atoms with van der Waals surface area (Å²) < 4.78 is 27.8. The van der Waals surface area contributed by atoms with E-state index < -0.39 is 5.97 Å². The van der Waals surface area contributed by atoms with Gasteiger partial charge in [0.25, 0.3) is 0 Å². The first-order valence-electron chi connectivity index (χ1n) is 10.6. The fraction of sp³-hybridized carbons (Fsp3) is 0.148. The molecule has 1 N–H and O–H groups in total. The summed E-state index contributed by atoms with van der Waals surface area (Å²) in [6, 6.07) is 19.1. The van der Waals surface area contributed by atoms with Crippen molar-refractivity contribution >= 4 is 21.9 Å². The van der Waals surface area contributed by atoms with Crippen LogP contribution in [0.4, 0.5) is 4.39 Å². The van der Waals surface area contributed by atoms with Gasteiger partial charge in [-0.2, -0.15) is 0 Å². The number of rotatable bonds is 6. The molecule has 0 atom stereocenters. The van der Waals surface area contributed by atoms with Gasteiger partial charge in [0, 0.05) is 27.4 Å². The number of esters is 1. The largest absolute Gasteiger partial charge is 0.508 e. The highest BCUT2D eigenvalue weighted by molar-refractivity contribution is 9.10. The van der Waals surface area contributed by atoms with Crippen LogP contribution in [0.3, 0.4) is 0 Å². The van der Waals surface area contributed by atoms with E-state index in [1.165, 1.54) is 19.2 Å². The number of hydrogen-bond acceptors (Lipinski definition) is 4. The topological polar surface area (TPSA) is 60.7 Å². The number of nitrogens with zero attached hydrogens (tertiary/aromatic N) is 1. The lowest BCUT2D eigenvalue weighted by molar-refractivity contribution is 0.0600. The normalized spacial score (nSPS) is 10.9. The number of aromatic nitrogens is 1. The Morgan fingerprint density at radius 3 is 2.56 bits per heavy atom. The predicted octanol–water partition coefficient (Wildman–Crippen LogP) is 6.73. The third kappa shape index (κ3) is 4.84. The van der Waals surface area contributed by atoms with Crippen LogP contribution in [0.2, 0.25) is 0 Å². The van der Waals surface area contributed by atoms with Crippen LogP contribution in [0.15, 0.2) is 71.2 Å². The van der Waals surface area contributed by atoms with Crippen molar-refractivity contribution in [2.24, 2.45) is 0 Å². The van der Waals surface area contributed by atoms with Crippen LogP contribution in [-0.4, -0.2) is 22.8 Å². The lowest BCUT2D eigenvalue weighted by atomic mass is 10.1. The molecule has 0 aliphatic heterocycles. The molecule has 0 bridgehead atoms. The van der Waals surface area contributed by atoms with E-state index in [4.69, 9.17) is 9.47 Å². The molecular weight excluding hydrogens is 501 g/mol. The number of aryl methyl sites for hydroxylation is 2. The number of benzene rings is 3. The monoisotopic (exact) mass is 523 g/mol. The van der Waals surface area contributed by atoms with Crippen LogP contribution in [-0.2, 0) is 11.3 Å². The maximum Gasteiger partial charge on any atom is 0.338 e. The molecule has 4 rings (SSSR count). The van der Waals surface area contributed by atoms with Crippen LogP contribution >= 0.6 is 15.9 Å². The van der Waals surface area contributed by atoms with E-state index in [9.17, 15) is 14.3 Å². The first-order valence-corrected chi connectivity index (χ1v) is 11.3. The van der Waals surface area contributed by atoms with E-state index in [-0.39, 0.29) is 23.7 Å². The predicted molar refractivity (Wildman–Crippen MR) is 132 cm³/mol. The molecule has 0 aliphatic carbocycles. The molecule has 174 valence electrons. The quantitative estimate of drug-likeness (QED) is 0.284. The van der Waals surface area contributed by atoms with E-state index in [1.54, 1.807) is 24.3 Å². The average Bonchev–Trinajstić information content (AvgIpc) is 3.19. The zero-order valence-electron chi connectivity index (χ0n) is 18.9. The minimum absolute atomic E-state index is 0.0524. The van der Waals surface area contributed by atoms with Gasteiger partial charge in [-0.25, -0.2) is 9.18 Å². The Morgan fingerprint density at radius 2 is 1.82 bits per heavy atom. The lowest BCUT2D eigenvalue weighted by Crippen LogP contribution is -2.06. The number of halogens is 2. The first kappa shape index (κ1) is 23.6. The fourth-order valence-electron chi connectivity index (χ4n) is 3.82. The van der Waals surface area contributed by atoms with Crippen molar-refractivity contribution in [1.29, 1.82) is 0 Å². The second-order valence-electron chi connectivity index (χ2n) is 7.95. The van der Waals surface area contributed by atoms with Gasteiger partial charge in [0.1, 0.15) is 23.9 Å². The number of hydrogen-bond donors (Lipinski definition) is 1. The second kappa shape index (κ2) is 9.73. The summed E-state index contributed by atoms with van der Waals surface area (Å²) in [6.07, 6.45) is 0. The molecule has 34 heavy (non-hydrogen) atoms. The molecule has 1 heterocycles. The van der Waals surface area contributed by atoms with Crippen molar-refractivity contribution in [3.8, 4) is 28.4 Å². The molecule has 0 amide bonds. The van der Waals surface area contributed by atoms with Crippen LogP contribution in [0, 0.1) is 19.7 Å². The number of methoxy groups -OCH3 is 1. The van der Waals surface area contributed by atoms with Gasteiger partial charge in [0.05, 0.1) is 24.1 Å². The zero-order valence-corrected chi connectivity index (χ0v) is 20.5. The van der Waals surface area contributed by atoms with Gasteiger partial charge in [-0.3, -0.25) is 0 Å². The van der Waals surface area contributed by atoms with Crippen LogP contribution < -0.4 is 4.74 Å². The van der Waals surface area contributed by atoms with Crippen LogP contribution in [0.5, 0.6) is 11.5 Å². The van der Waals surface area contributed by atoms with E-state index >= 15 is 0 Å². The average molecular weight is 524 g/mol. The number of phenolic OH excluding ortho intramolecular Hbond substituents is 1. The van der Waals surface area contributed by atoms with Gasteiger partial charge >= 0.3 is 5.97 Å². The zero-order chi connectivity index (χ0) is 24.4. The van der Waals surface area contributed by atoms with Gasteiger partial charge in [0.2, 0.25) is 0 Å². The van der Waals surface area contributed by atoms with Crippen molar-refractivity contribution in [3.63, 3.8) is 0 Å². The van der Waals surface area contributed by atoms with Crippen molar-refractivity contribution in [1.82, 2.24) is 4.57 Å². The van der Waals surface area contributed by atoms with Gasteiger partial charge in [-0.15, -0.1) is 0 Å². The molecule has 0 aliphatic rings. The highest BCUT2D eigenvalue weighted by atomic mass is 79.9. The molecule has 0 spiro atoms. The van der Waals surface area contributed by atoms with Gasteiger partial charge in [0.15, 0.2) is 0 Å².